The van der Waals surface area contributed by atoms with Crippen molar-refractivity contribution in [3.05, 3.63) is 70.3 Å². The van der Waals surface area contributed by atoms with Gasteiger partial charge in [-0.25, -0.2) is 0 Å². The Balaban J connectivity index is 1.93. The molecule has 4 rings (SSSR count). The highest BCUT2D eigenvalue weighted by Crippen LogP contribution is 2.32. The summed E-state index contributed by atoms with van der Waals surface area (Å²) in [5.41, 5.74) is 6.47. The first-order valence-corrected chi connectivity index (χ1v) is 8.19. The van der Waals surface area contributed by atoms with Crippen LogP contribution in [0.1, 0.15) is 58.8 Å². The summed E-state index contributed by atoms with van der Waals surface area (Å²) < 4.78 is 0. The van der Waals surface area contributed by atoms with Crippen LogP contribution in [-0.4, -0.2) is 17.2 Å². The Labute approximate surface area is 135 Å². The molecule has 0 spiro atoms. The Morgan fingerprint density at radius 3 is 2.57 bits per heavy atom. The highest BCUT2D eigenvalue weighted by molar-refractivity contribution is 6.31. The number of ketones is 1. The molecule has 1 aliphatic heterocycles. The summed E-state index contributed by atoms with van der Waals surface area (Å²) in [5.74, 6) is 0.0911. The van der Waals surface area contributed by atoms with Gasteiger partial charge in [-0.1, -0.05) is 55.8 Å². The molecule has 23 heavy (non-hydrogen) atoms. The van der Waals surface area contributed by atoms with Gasteiger partial charge in [0.25, 0.3) is 0 Å². The highest BCUT2D eigenvalue weighted by Gasteiger charge is 2.31. The quantitative estimate of drug-likeness (QED) is 0.716. The third-order valence-corrected chi connectivity index (χ3v) is 4.56. The molecule has 0 bridgehead atoms. The fourth-order valence-corrected chi connectivity index (χ4v) is 3.38. The van der Waals surface area contributed by atoms with Gasteiger partial charge in [0.05, 0.1) is 0 Å². The topological polar surface area (TPSA) is 41.8 Å². The number of fused-ring (bicyclic) bond motifs is 2. The molecule has 0 saturated heterocycles. The molecule has 114 valence electrons. The Hall–Kier alpha value is -2.55. The second-order valence-corrected chi connectivity index (χ2v) is 6.11. The van der Waals surface area contributed by atoms with Gasteiger partial charge in [-0.3, -0.25) is 4.79 Å². The smallest absolute Gasteiger partial charge is 0.194 e. The third kappa shape index (κ3) is 2.24. The van der Waals surface area contributed by atoms with Gasteiger partial charge in [0.2, 0.25) is 0 Å². The Bertz CT molecular complexity index is 862. The lowest BCUT2D eigenvalue weighted by Gasteiger charge is -2.21. The first kappa shape index (κ1) is 14.1. The van der Waals surface area contributed by atoms with E-state index in [0.717, 1.165) is 64.9 Å². The summed E-state index contributed by atoms with van der Waals surface area (Å²) >= 11 is 0. The van der Waals surface area contributed by atoms with Crippen LogP contribution in [0.4, 0.5) is 0 Å². The number of unbranched alkanes of at least 4 members (excludes halogenated alkanes) is 1. The van der Waals surface area contributed by atoms with Crippen molar-refractivity contribution in [2.75, 3.05) is 0 Å². The molecule has 2 aromatic carbocycles. The summed E-state index contributed by atoms with van der Waals surface area (Å²) in [6, 6.07) is 13.7. The molecule has 0 radical (unpaired) electrons. The number of rotatable bonds is 3. The van der Waals surface area contributed by atoms with Crippen LogP contribution in [0, 0.1) is 0 Å². The monoisotopic (exact) mass is 302 g/mol. The van der Waals surface area contributed by atoms with E-state index in [-0.39, 0.29) is 5.78 Å². The molecule has 1 aliphatic carbocycles. The largest absolute Gasteiger partial charge is 0.289 e. The maximum absolute atomic E-state index is 12.8. The molecule has 2 aromatic rings. The molecule has 3 nitrogen and oxygen atoms in total. The van der Waals surface area contributed by atoms with Gasteiger partial charge in [0.15, 0.2) is 5.78 Å². The maximum atomic E-state index is 12.8. The normalized spacial score (nSPS) is 15.3. The molecule has 3 heteroatoms. The molecule has 0 unspecified atom stereocenters. The van der Waals surface area contributed by atoms with Crippen LogP contribution in [0.3, 0.4) is 0 Å². The van der Waals surface area contributed by atoms with Crippen molar-refractivity contribution in [3.8, 4) is 0 Å². The zero-order chi connectivity index (χ0) is 15.8. The van der Waals surface area contributed by atoms with Crippen molar-refractivity contribution in [1.29, 1.82) is 0 Å². The maximum Gasteiger partial charge on any atom is 0.194 e. The minimum atomic E-state index is 0.0911. The second kappa shape index (κ2) is 5.58. The molecule has 1 heterocycles. The number of hydrogen-bond acceptors (Lipinski definition) is 3. The summed E-state index contributed by atoms with van der Waals surface area (Å²) in [6.07, 6.45) is 4.01. The lowest BCUT2D eigenvalue weighted by molar-refractivity contribution is 0.103. The number of carbonyl (C=O) groups excluding carboxylic acids is 1. The zero-order valence-corrected chi connectivity index (χ0v) is 13.2. The second-order valence-electron chi connectivity index (χ2n) is 6.11. The van der Waals surface area contributed by atoms with E-state index in [9.17, 15) is 4.79 Å². The molecular weight excluding hydrogens is 284 g/mol. The van der Waals surface area contributed by atoms with E-state index in [1.165, 1.54) is 0 Å². The van der Waals surface area contributed by atoms with Gasteiger partial charge in [0.1, 0.15) is 5.71 Å². The van der Waals surface area contributed by atoms with Gasteiger partial charge in [-0.05, 0) is 18.4 Å². The highest BCUT2D eigenvalue weighted by atomic mass is 16.1. The van der Waals surface area contributed by atoms with Gasteiger partial charge in [-0.15, -0.1) is 5.10 Å². The number of benzene rings is 2. The van der Waals surface area contributed by atoms with Crippen LogP contribution in [-0.2, 0) is 6.42 Å². The van der Waals surface area contributed by atoms with Gasteiger partial charge in [0, 0.05) is 34.4 Å². The summed E-state index contributed by atoms with van der Waals surface area (Å²) in [6.45, 7) is 2.18. The van der Waals surface area contributed by atoms with Crippen molar-refractivity contribution < 1.29 is 4.79 Å². The van der Waals surface area contributed by atoms with E-state index in [0.29, 0.717) is 0 Å². The van der Waals surface area contributed by atoms with Crippen LogP contribution >= 0.6 is 0 Å². The van der Waals surface area contributed by atoms with E-state index >= 15 is 0 Å². The van der Waals surface area contributed by atoms with Gasteiger partial charge < -0.3 is 0 Å². The zero-order valence-electron chi connectivity index (χ0n) is 13.2. The molecule has 0 amide bonds. The Kier molecular flexibility index (Phi) is 3.41. The lowest BCUT2D eigenvalue weighted by Crippen LogP contribution is -2.22. The first-order valence-electron chi connectivity index (χ1n) is 8.19. The number of nitrogens with zero attached hydrogens (tertiary/aromatic N) is 2. The Morgan fingerprint density at radius 1 is 0.957 bits per heavy atom. The number of carbonyl (C=O) groups is 1. The van der Waals surface area contributed by atoms with E-state index in [2.05, 4.69) is 23.2 Å². The van der Waals surface area contributed by atoms with Crippen LogP contribution in [0.2, 0.25) is 0 Å². The minimum Gasteiger partial charge on any atom is -0.289 e. The van der Waals surface area contributed by atoms with Crippen molar-refractivity contribution in [3.63, 3.8) is 0 Å². The lowest BCUT2D eigenvalue weighted by atomic mass is 9.80. The van der Waals surface area contributed by atoms with Crippen LogP contribution in [0.15, 0.2) is 52.7 Å². The molecule has 0 saturated carbocycles. The van der Waals surface area contributed by atoms with Crippen molar-refractivity contribution in [2.24, 2.45) is 10.2 Å². The SMILES string of the molecule is CCCCC1=NN=C2c3ccccc3C(=O)c3cccc(c32)C1. The van der Waals surface area contributed by atoms with Crippen molar-refractivity contribution in [2.45, 2.75) is 32.6 Å². The van der Waals surface area contributed by atoms with Crippen molar-refractivity contribution in [1.82, 2.24) is 0 Å². The average molecular weight is 302 g/mol. The van der Waals surface area contributed by atoms with Gasteiger partial charge >= 0.3 is 0 Å². The summed E-state index contributed by atoms with van der Waals surface area (Å²) in [7, 11) is 0. The fourth-order valence-electron chi connectivity index (χ4n) is 3.38. The average Bonchev–Trinajstić information content (AvgIpc) is 2.78. The molecular formula is C20H18N2O. The molecule has 0 aromatic heterocycles. The number of hydrogen-bond donors (Lipinski definition) is 0. The van der Waals surface area contributed by atoms with Crippen LogP contribution < -0.4 is 0 Å². The molecule has 0 fully saturated rings. The minimum absolute atomic E-state index is 0.0911. The van der Waals surface area contributed by atoms with Crippen LogP contribution in [0.25, 0.3) is 0 Å². The molecule has 0 atom stereocenters. The third-order valence-electron chi connectivity index (χ3n) is 4.56. The van der Waals surface area contributed by atoms with E-state index < -0.39 is 0 Å². The molecule has 2 aliphatic rings. The van der Waals surface area contributed by atoms with E-state index in [1.54, 1.807) is 0 Å². The Morgan fingerprint density at radius 2 is 1.74 bits per heavy atom. The van der Waals surface area contributed by atoms with E-state index in [1.807, 2.05) is 36.4 Å². The summed E-state index contributed by atoms with van der Waals surface area (Å²) in [5, 5.41) is 9.08. The van der Waals surface area contributed by atoms with Crippen LogP contribution in [0.5, 0.6) is 0 Å². The standard InChI is InChI=1S/C20H18N2O/c1-2-3-8-14-12-13-7-6-11-17-18(13)19(22-21-14)15-9-4-5-10-16(15)20(17)23/h4-7,9-11H,2-3,8,12H2,1H3. The predicted molar refractivity (Wildman–Crippen MR) is 92.6 cm³/mol. The van der Waals surface area contributed by atoms with Crippen molar-refractivity contribution >= 4 is 17.2 Å². The molecule has 0 N–H and O–H groups in total. The van der Waals surface area contributed by atoms with Gasteiger partial charge in [-0.2, -0.15) is 5.10 Å². The first-order chi connectivity index (χ1) is 11.3. The predicted octanol–water partition coefficient (Wildman–Crippen LogP) is 4.17. The summed E-state index contributed by atoms with van der Waals surface area (Å²) in [4.78, 5) is 12.8. The van der Waals surface area contributed by atoms with E-state index in [4.69, 9.17) is 0 Å². The fraction of sp³-hybridized carbons (Fsp3) is 0.250.